The molecule has 4 amide bonds. The molecule has 47 heavy (non-hydrogen) atoms. The first kappa shape index (κ1) is 33.4. The average Bonchev–Trinajstić information content (AvgIpc) is 3.77. The fourth-order valence-electron chi connectivity index (χ4n) is 5.46. The number of likely N-dealkylation sites (tertiary alicyclic amines) is 2. The Morgan fingerprint density at radius 1 is 0.660 bits per heavy atom. The lowest BCUT2D eigenvalue weighted by Crippen LogP contribution is -2.45. The Morgan fingerprint density at radius 3 is 1.36 bits per heavy atom. The van der Waals surface area contributed by atoms with Crippen molar-refractivity contribution in [2.45, 2.75) is 90.5 Å². The molecule has 0 unspecified atom stereocenters. The van der Waals surface area contributed by atoms with E-state index in [4.69, 9.17) is 13.9 Å². The van der Waals surface area contributed by atoms with Gasteiger partial charge in [-0.1, -0.05) is 0 Å². The van der Waals surface area contributed by atoms with Crippen LogP contribution in [0, 0.1) is 0 Å². The summed E-state index contributed by atoms with van der Waals surface area (Å²) in [5, 5.41) is 14.1. The quantitative estimate of drug-likeness (QED) is 0.324. The van der Waals surface area contributed by atoms with Crippen molar-refractivity contribution < 1.29 is 33.1 Å². The van der Waals surface area contributed by atoms with Gasteiger partial charge in [-0.15, -0.1) is 10.2 Å². The molecule has 2 saturated heterocycles. The van der Waals surface area contributed by atoms with Crippen LogP contribution in [0.2, 0.25) is 0 Å². The second-order valence-electron chi connectivity index (χ2n) is 13.7. The molecule has 2 atom stereocenters. The second kappa shape index (κ2) is 13.4. The fraction of sp³-hybridized carbons (Fsp3) is 0.471. The number of hydrogen-bond donors (Lipinski definition) is 2. The summed E-state index contributed by atoms with van der Waals surface area (Å²) in [6, 6.07) is 12.8. The van der Waals surface area contributed by atoms with E-state index >= 15 is 0 Å². The number of carbonyl (C=O) groups excluding carboxylic acids is 4. The fourth-order valence-corrected chi connectivity index (χ4v) is 5.46. The van der Waals surface area contributed by atoms with Gasteiger partial charge in [0.25, 0.3) is 0 Å². The predicted octanol–water partition coefficient (Wildman–Crippen LogP) is 6.08. The first-order chi connectivity index (χ1) is 22.2. The number of nitrogens with one attached hydrogen (secondary N) is 2. The molecular formula is C34H42N6O7. The van der Waals surface area contributed by atoms with Gasteiger partial charge in [0.2, 0.25) is 23.6 Å². The number of carbonyl (C=O) groups is 4. The highest BCUT2D eigenvalue weighted by atomic mass is 16.6. The third-order valence-electron chi connectivity index (χ3n) is 7.59. The van der Waals surface area contributed by atoms with E-state index in [1.807, 2.05) is 0 Å². The highest BCUT2D eigenvalue weighted by Crippen LogP contribution is 2.28. The number of hydrogen-bond acceptors (Lipinski definition) is 9. The lowest BCUT2D eigenvalue weighted by molar-refractivity contribution is -0.121. The number of rotatable bonds is 6. The minimum Gasteiger partial charge on any atom is -0.444 e. The van der Waals surface area contributed by atoms with Gasteiger partial charge in [0.1, 0.15) is 23.3 Å². The lowest BCUT2D eigenvalue weighted by Gasteiger charge is -2.28. The summed E-state index contributed by atoms with van der Waals surface area (Å²) in [6.45, 7) is 11.7. The SMILES string of the molecule is CC(C)(C)OC(=O)N1CCC[C@H]1C(=O)Nc1ccc(-c2nnc(-c3ccc(NC(=O)[C@@H]4CCCN4C(=O)OC(C)(C)C)cc3)o2)cc1. The summed E-state index contributed by atoms with van der Waals surface area (Å²) in [6.07, 6.45) is 1.59. The van der Waals surface area contributed by atoms with E-state index in [0.717, 1.165) is 12.8 Å². The molecular weight excluding hydrogens is 604 g/mol. The molecule has 3 aromatic rings. The molecule has 13 heteroatoms. The molecule has 250 valence electrons. The molecule has 2 aliphatic rings. The van der Waals surface area contributed by atoms with Crippen molar-refractivity contribution in [3.63, 3.8) is 0 Å². The minimum atomic E-state index is -0.643. The van der Waals surface area contributed by atoms with Gasteiger partial charge in [-0.3, -0.25) is 19.4 Å². The molecule has 2 aromatic carbocycles. The molecule has 13 nitrogen and oxygen atoms in total. The van der Waals surface area contributed by atoms with Gasteiger partial charge in [0, 0.05) is 35.6 Å². The van der Waals surface area contributed by atoms with Crippen LogP contribution in [0.25, 0.3) is 22.9 Å². The molecule has 3 heterocycles. The van der Waals surface area contributed by atoms with Gasteiger partial charge in [-0.25, -0.2) is 9.59 Å². The maximum Gasteiger partial charge on any atom is 0.410 e. The van der Waals surface area contributed by atoms with Gasteiger partial charge in [0.15, 0.2) is 0 Å². The number of amides is 4. The van der Waals surface area contributed by atoms with E-state index < -0.39 is 35.5 Å². The van der Waals surface area contributed by atoms with Crippen LogP contribution in [0.15, 0.2) is 52.9 Å². The van der Waals surface area contributed by atoms with Gasteiger partial charge in [-0.2, -0.15) is 0 Å². The maximum absolute atomic E-state index is 13.0. The Hall–Kier alpha value is -4.94. The Bertz CT molecular complexity index is 1490. The zero-order valence-electron chi connectivity index (χ0n) is 27.7. The normalized spacial score (nSPS) is 18.2. The molecule has 2 N–H and O–H groups in total. The van der Waals surface area contributed by atoms with Crippen LogP contribution in [0.3, 0.4) is 0 Å². The Morgan fingerprint density at radius 2 is 1.02 bits per heavy atom. The van der Waals surface area contributed by atoms with Gasteiger partial charge in [0.05, 0.1) is 0 Å². The molecule has 0 aliphatic carbocycles. The molecule has 0 spiro atoms. The Balaban J connectivity index is 1.17. The maximum atomic E-state index is 13.0. The van der Waals surface area contributed by atoms with E-state index in [9.17, 15) is 19.2 Å². The molecule has 0 radical (unpaired) electrons. The zero-order valence-corrected chi connectivity index (χ0v) is 27.7. The third-order valence-corrected chi connectivity index (χ3v) is 7.59. The summed E-state index contributed by atoms with van der Waals surface area (Å²) in [4.78, 5) is 54.1. The van der Waals surface area contributed by atoms with Crippen LogP contribution >= 0.6 is 0 Å². The molecule has 2 fully saturated rings. The lowest BCUT2D eigenvalue weighted by atomic mass is 10.1. The van der Waals surface area contributed by atoms with Crippen LogP contribution < -0.4 is 10.6 Å². The zero-order chi connectivity index (χ0) is 33.9. The van der Waals surface area contributed by atoms with Crippen molar-refractivity contribution >= 4 is 35.4 Å². The van der Waals surface area contributed by atoms with Crippen LogP contribution in [0.5, 0.6) is 0 Å². The summed E-state index contributed by atoms with van der Waals surface area (Å²) in [5.74, 6) is 0.0464. The van der Waals surface area contributed by atoms with Gasteiger partial charge >= 0.3 is 12.2 Å². The third kappa shape index (κ3) is 8.46. The van der Waals surface area contributed by atoms with E-state index in [0.29, 0.717) is 60.2 Å². The molecule has 0 saturated carbocycles. The summed E-state index contributed by atoms with van der Waals surface area (Å²) >= 11 is 0. The highest BCUT2D eigenvalue weighted by molar-refractivity contribution is 5.97. The topological polar surface area (TPSA) is 156 Å². The number of benzene rings is 2. The average molecular weight is 647 g/mol. The summed E-state index contributed by atoms with van der Waals surface area (Å²) in [5.41, 5.74) is 1.17. The van der Waals surface area contributed by atoms with Crippen LogP contribution in [0.1, 0.15) is 67.2 Å². The van der Waals surface area contributed by atoms with Crippen LogP contribution in [0.4, 0.5) is 21.0 Å². The van der Waals surface area contributed by atoms with Gasteiger partial charge in [-0.05, 0) is 116 Å². The second-order valence-corrected chi connectivity index (χ2v) is 13.7. The van der Waals surface area contributed by atoms with Crippen molar-refractivity contribution in [1.29, 1.82) is 0 Å². The standard InChI is InChI=1S/C34H42N6O7/c1-33(2,3)46-31(43)39-19-7-9-25(39)27(41)35-23-15-11-21(12-16-23)29-37-38-30(45-29)22-13-17-24(18-14-22)36-28(42)26-10-8-20-40(26)32(44)47-34(4,5)6/h11-18,25-26H,7-10,19-20H2,1-6H3,(H,35,41)(H,36,42)/t25-,26-/m0/s1. The molecule has 0 bridgehead atoms. The Kier molecular flexibility index (Phi) is 9.55. The van der Waals surface area contributed by atoms with Crippen molar-refractivity contribution in [1.82, 2.24) is 20.0 Å². The van der Waals surface area contributed by atoms with E-state index in [2.05, 4.69) is 20.8 Å². The number of ether oxygens (including phenoxy) is 2. The van der Waals surface area contributed by atoms with E-state index in [1.54, 1.807) is 90.1 Å². The van der Waals surface area contributed by atoms with Gasteiger partial charge < -0.3 is 24.5 Å². The van der Waals surface area contributed by atoms with Crippen molar-refractivity contribution in [3.05, 3.63) is 48.5 Å². The number of nitrogens with zero attached hydrogens (tertiary/aromatic N) is 4. The smallest absolute Gasteiger partial charge is 0.410 e. The monoisotopic (exact) mass is 646 g/mol. The molecule has 1 aromatic heterocycles. The van der Waals surface area contributed by atoms with Crippen LogP contribution in [-0.2, 0) is 19.1 Å². The van der Waals surface area contributed by atoms with E-state index in [1.165, 1.54) is 9.80 Å². The molecule has 2 aliphatic heterocycles. The summed E-state index contributed by atoms with van der Waals surface area (Å²) < 4.78 is 16.8. The summed E-state index contributed by atoms with van der Waals surface area (Å²) in [7, 11) is 0. The first-order valence-electron chi connectivity index (χ1n) is 15.8. The number of aromatic nitrogens is 2. The largest absolute Gasteiger partial charge is 0.444 e. The van der Waals surface area contributed by atoms with E-state index in [-0.39, 0.29) is 11.8 Å². The minimum absolute atomic E-state index is 0.274. The van der Waals surface area contributed by atoms with Crippen molar-refractivity contribution in [2.24, 2.45) is 0 Å². The van der Waals surface area contributed by atoms with Crippen LogP contribution in [-0.4, -0.2) is 80.4 Å². The van der Waals surface area contributed by atoms with Crippen molar-refractivity contribution in [3.8, 4) is 22.9 Å². The Labute approximate surface area is 274 Å². The molecule has 5 rings (SSSR count). The van der Waals surface area contributed by atoms with Crippen molar-refractivity contribution in [2.75, 3.05) is 23.7 Å². The number of anilines is 2. The predicted molar refractivity (Wildman–Crippen MR) is 174 cm³/mol. The first-order valence-corrected chi connectivity index (χ1v) is 15.8. The highest BCUT2D eigenvalue weighted by Gasteiger charge is 2.38.